The van der Waals surface area contributed by atoms with E-state index in [9.17, 15) is 4.79 Å². The van der Waals surface area contributed by atoms with Crippen LogP contribution in [0.1, 0.15) is 72.1 Å². The summed E-state index contributed by atoms with van der Waals surface area (Å²) in [6, 6.07) is 0. The van der Waals surface area contributed by atoms with Gasteiger partial charge in [0.25, 0.3) is 0 Å². The van der Waals surface area contributed by atoms with Crippen LogP contribution in [0.4, 0.5) is 0 Å². The molecule has 4 heteroatoms. The molecular weight excluding hydrogens is 286 g/mol. The summed E-state index contributed by atoms with van der Waals surface area (Å²) in [7, 11) is 0. The molecule has 3 fully saturated rings. The van der Waals surface area contributed by atoms with Gasteiger partial charge in [-0.05, 0) is 59.3 Å². The molecule has 2 aliphatic heterocycles. The maximum atomic E-state index is 13.3. The zero-order valence-corrected chi connectivity index (χ0v) is 15.0. The van der Waals surface area contributed by atoms with Crippen LogP contribution in [0.3, 0.4) is 0 Å². The van der Waals surface area contributed by atoms with Gasteiger partial charge in [0.05, 0.1) is 5.41 Å². The highest BCUT2D eigenvalue weighted by Crippen LogP contribution is 2.48. The molecule has 0 radical (unpaired) electrons. The summed E-state index contributed by atoms with van der Waals surface area (Å²) < 4.78 is 0. The summed E-state index contributed by atoms with van der Waals surface area (Å²) in [6.45, 7) is 8.74. The van der Waals surface area contributed by atoms with Crippen molar-refractivity contribution in [3.05, 3.63) is 0 Å². The Balaban J connectivity index is 1.75. The molecule has 23 heavy (non-hydrogen) atoms. The van der Waals surface area contributed by atoms with Crippen molar-refractivity contribution in [3.63, 3.8) is 0 Å². The van der Waals surface area contributed by atoms with E-state index in [1.165, 1.54) is 37.8 Å². The number of hydrogen-bond acceptors (Lipinski definition) is 3. The van der Waals surface area contributed by atoms with Gasteiger partial charge >= 0.3 is 0 Å². The van der Waals surface area contributed by atoms with E-state index in [2.05, 4.69) is 31.0 Å². The second-order valence-corrected chi connectivity index (χ2v) is 9.27. The molecule has 2 heterocycles. The van der Waals surface area contributed by atoms with Crippen LogP contribution in [0, 0.1) is 11.3 Å². The molecule has 4 rings (SSSR count). The van der Waals surface area contributed by atoms with Crippen molar-refractivity contribution in [1.82, 2.24) is 10.2 Å². The highest BCUT2D eigenvalue weighted by Gasteiger charge is 2.58. The van der Waals surface area contributed by atoms with Crippen LogP contribution in [0.25, 0.3) is 0 Å². The summed E-state index contributed by atoms with van der Waals surface area (Å²) in [5, 5.41) is 3.40. The Morgan fingerprint density at radius 1 is 1.13 bits per heavy atom. The molecule has 0 aromatic heterocycles. The lowest BCUT2D eigenvalue weighted by atomic mass is 9.62. The van der Waals surface area contributed by atoms with E-state index in [4.69, 9.17) is 4.99 Å². The number of carbonyl (C=O) groups excluding carboxylic acids is 1. The SMILES string of the molecule is CC(C)(C)N1CC2CCCC3(C1)C(=O)NC1(CCCCC1)N=C23. The topological polar surface area (TPSA) is 44.7 Å². The molecule has 4 aliphatic rings. The molecule has 2 unspecified atom stereocenters. The first kappa shape index (κ1) is 15.6. The molecule has 4 nitrogen and oxygen atoms in total. The Hall–Kier alpha value is -0.900. The van der Waals surface area contributed by atoms with Gasteiger partial charge in [-0.3, -0.25) is 14.7 Å². The Morgan fingerprint density at radius 3 is 2.57 bits per heavy atom. The van der Waals surface area contributed by atoms with Crippen molar-refractivity contribution in [2.75, 3.05) is 13.1 Å². The molecule has 0 aromatic rings. The zero-order valence-electron chi connectivity index (χ0n) is 15.0. The number of piperidine rings is 1. The van der Waals surface area contributed by atoms with E-state index in [-0.39, 0.29) is 22.5 Å². The molecule has 1 saturated heterocycles. The zero-order chi connectivity index (χ0) is 16.3. The Labute approximate surface area is 140 Å². The summed E-state index contributed by atoms with van der Waals surface area (Å²) in [5.74, 6) is 0.768. The molecule has 1 N–H and O–H groups in total. The van der Waals surface area contributed by atoms with Crippen molar-refractivity contribution < 1.29 is 4.79 Å². The van der Waals surface area contributed by atoms with Gasteiger partial charge in [-0.15, -0.1) is 0 Å². The third-order valence-electron chi connectivity index (χ3n) is 6.68. The lowest BCUT2D eigenvalue weighted by Gasteiger charge is -2.57. The van der Waals surface area contributed by atoms with Crippen LogP contribution in [0.15, 0.2) is 4.99 Å². The minimum Gasteiger partial charge on any atom is -0.331 e. The van der Waals surface area contributed by atoms with Crippen molar-refractivity contribution in [1.29, 1.82) is 0 Å². The normalized spacial score (nSPS) is 37.1. The second kappa shape index (κ2) is 5.05. The monoisotopic (exact) mass is 317 g/mol. The summed E-state index contributed by atoms with van der Waals surface area (Å²) in [4.78, 5) is 21.1. The lowest BCUT2D eigenvalue weighted by Crippen LogP contribution is -2.70. The second-order valence-electron chi connectivity index (χ2n) is 9.27. The molecule has 2 atom stereocenters. The van der Waals surface area contributed by atoms with Crippen molar-refractivity contribution in [3.8, 4) is 0 Å². The third-order valence-corrected chi connectivity index (χ3v) is 6.68. The van der Waals surface area contributed by atoms with Crippen LogP contribution in [-0.2, 0) is 4.79 Å². The molecule has 2 saturated carbocycles. The van der Waals surface area contributed by atoms with Gasteiger partial charge in [0.1, 0.15) is 5.66 Å². The van der Waals surface area contributed by atoms with E-state index >= 15 is 0 Å². The van der Waals surface area contributed by atoms with Gasteiger partial charge in [-0.1, -0.05) is 12.8 Å². The van der Waals surface area contributed by atoms with E-state index in [1.807, 2.05) is 0 Å². The lowest BCUT2D eigenvalue weighted by molar-refractivity contribution is -0.135. The Kier molecular flexibility index (Phi) is 3.43. The third kappa shape index (κ3) is 2.36. The maximum absolute atomic E-state index is 13.3. The predicted molar refractivity (Wildman–Crippen MR) is 92.5 cm³/mol. The van der Waals surface area contributed by atoms with E-state index in [0.29, 0.717) is 5.92 Å². The number of carbonyl (C=O) groups is 1. The summed E-state index contributed by atoms with van der Waals surface area (Å²) >= 11 is 0. The van der Waals surface area contributed by atoms with Gasteiger partial charge in [-0.2, -0.15) is 0 Å². The molecule has 1 amide bonds. The van der Waals surface area contributed by atoms with Crippen LogP contribution in [-0.4, -0.2) is 40.8 Å². The first-order valence-electron chi connectivity index (χ1n) is 9.53. The van der Waals surface area contributed by atoms with Gasteiger partial charge < -0.3 is 5.32 Å². The number of nitrogens with one attached hydrogen (secondary N) is 1. The van der Waals surface area contributed by atoms with Crippen LogP contribution in [0.5, 0.6) is 0 Å². The average molecular weight is 317 g/mol. The summed E-state index contributed by atoms with van der Waals surface area (Å²) in [5.41, 5.74) is 0.800. The predicted octanol–water partition coefficient (Wildman–Crippen LogP) is 3.12. The number of likely N-dealkylation sites (tertiary alicyclic amines) is 1. The highest BCUT2D eigenvalue weighted by atomic mass is 16.2. The largest absolute Gasteiger partial charge is 0.331 e. The maximum Gasteiger partial charge on any atom is 0.235 e. The average Bonchev–Trinajstić information content (AvgIpc) is 2.46. The minimum atomic E-state index is -0.336. The number of nitrogens with zero attached hydrogens (tertiary/aromatic N) is 2. The van der Waals surface area contributed by atoms with Crippen molar-refractivity contribution >= 4 is 11.6 Å². The van der Waals surface area contributed by atoms with E-state index in [1.54, 1.807) is 0 Å². The van der Waals surface area contributed by atoms with Crippen molar-refractivity contribution in [2.24, 2.45) is 16.3 Å². The number of amides is 1. The van der Waals surface area contributed by atoms with Crippen molar-refractivity contribution in [2.45, 2.75) is 83.3 Å². The quantitative estimate of drug-likeness (QED) is 0.746. The fourth-order valence-corrected chi connectivity index (χ4v) is 5.27. The Morgan fingerprint density at radius 2 is 1.87 bits per heavy atom. The summed E-state index contributed by atoms with van der Waals surface area (Å²) in [6.07, 6.45) is 9.11. The number of aliphatic imine (C=N–C) groups is 1. The Bertz CT molecular complexity index is 541. The van der Waals surface area contributed by atoms with Gasteiger partial charge in [-0.25, -0.2) is 0 Å². The van der Waals surface area contributed by atoms with Crippen LogP contribution in [0.2, 0.25) is 0 Å². The molecule has 1 spiro atoms. The van der Waals surface area contributed by atoms with Crippen LogP contribution < -0.4 is 5.32 Å². The fourth-order valence-electron chi connectivity index (χ4n) is 5.27. The number of hydrogen-bond donors (Lipinski definition) is 1. The van der Waals surface area contributed by atoms with Gasteiger partial charge in [0.2, 0.25) is 5.91 Å². The molecule has 0 aromatic carbocycles. The first-order valence-corrected chi connectivity index (χ1v) is 9.53. The minimum absolute atomic E-state index is 0.119. The van der Waals surface area contributed by atoms with E-state index in [0.717, 1.165) is 32.4 Å². The fraction of sp³-hybridized carbons (Fsp3) is 0.895. The molecule has 128 valence electrons. The van der Waals surface area contributed by atoms with Gasteiger partial charge in [0.15, 0.2) is 0 Å². The number of rotatable bonds is 0. The standard InChI is InChI=1S/C19H31N3O/c1-17(2,3)22-12-14-8-7-9-18(13-22)15(14)20-19(21-16(18)23)10-5-4-6-11-19/h14H,4-13H2,1-3H3,(H,21,23). The highest BCUT2D eigenvalue weighted by molar-refractivity contribution is 6.13. The molecular formula is C19H31N3O. The molecule has 2 bridgehead atoms. The smallest absolute Gasteiger partial charge is 0.235 e. The molecule has 2 aliphatic carbocycles. The first-order chi connectivity index (χ1) is 10.8. The van der Waals surface area contributed by atoms with E-state index < -0.39 is 0 Å². The van der Waals surface area contributed by atoms with Crippen LogP contribution >= 0.6 is 0 Å². The van der Waals surface area contributed by atoms with Gasteiger partial charge in [0, 0.05) is 30.3 Å².